The third-order valence-corrected chi connectivity index (χ3v) is 2.82. The molecule has 0 amide bonds. The number of hydrogen-bond acceptors (Lipinski definition) is 4. The van der Waals surface area contributed by atoms with Crippen molar-refractivity contribution >= 4 is 0 Å². The van der Waals surface area contributed by atoms with E-state index in [-0.39, 0.29) is 6.10 Å². The highest BCUT2D eigenvalue weighted by atomic mass is 16.5. The molecule has 1 N–H and O–H groups in total. The second-order valence-electron chi connectivity index (χ2n) is 4.88. The van der Waals surface area contributed by atoms with Gasteiger partial charge in [-0.05, 0) is 24.6 Å². The molecule has 1 atom stereocenters. The second-order valence-corrected chi connectivity index (χ2v) is 4.88. The van der Waals surface area contributed by atoms with Gasteiger partial charge in [-0.1, -0.05) is 19.9 Å². The van der Waals surface area contributed by atoms with Crippen molar-refractivity contribution in [2.45, 2.75) is 39.5 Å². The molecule has 0 saturated carbocycles. The Kier molecular flexibility index (Phi) is 6.67. The quantitative estimate of drug-likeness (QED) is 0.786. The van der Waals surface area contributed by atoms with E-state index in [4.69, 9.17) is 14.2 Å². The zero-order valence-corrected chi connectivity index (χ0v) is 12.5. The molecule has 0 aliphatic carbocycles. The van der Waals surface area contributed by atoms with Crippen LogP contribution in [-0.4, -0.2) is 33.0 Å². The van der Waals surface area contributed by atoms with Gasteiger partial charge in [0.05, 0.1) is 13.2 Å². The van der Waals surface area contributed by atoms with Crippen LogP contribution in [0.5, 0.6) is 11.5 Å². The van der Waals surface area contributed by atoms with Gasteiger partial charge >= 0.3 is 0 Å². The summed E-state index contributed by atoms with van der Waals surface area (Å²) in [5, 5.41) is 3.38. The first-order valence-corrected chi connectivity index (χ1v) is 6.62. The van der Waals surface area contributed by atoms with E-state index < -0.39 is 0 Å². The van der Waals surface area contributed by atoms with Gasteiger partial charge in [0.1, 0.15) is 6.61 Å². The summed E-state index contributed by atoms with van der Waals surface area (Å²) >= 11 is 0. The van der Waals surface area contributed by atoms with Crippen LogP contribution in [0.3, 0.4) is 0 Å². The first-order valence-electron chi connectivity index (χ1n) is 6.62. The molecule has 0 heterocycles. The molecule has 0 aromatic heterocycles. The van der Waals surface area contributed by atoms with Crippen LogP contribution in [0, 0.1) is 0 Å². The zero-order chi connectivity index (χ0) is 14.3. The van der Waals surface area contributed by atoms with Crippen LogP contribution in [-0.2, 0) is 11.3 Å². The van der Waals surface area contributed by atoms with Crippen LogP contribution in [0.4, 0.5) is 0 Å². The summed E-state index contributed by atoms with van der Waals surface area (Å²) in [7, 11) is 3.32. The molecule has 0 spiro atoms. The number of methoxy groups -OCH3 is 2. The van der Waals surface area contributed by atoms with Crippen LogP contribution in [0.2, 0.25) is 0 Å². The molecule has 0 aliphatic rings. The summed E-state index contributed by atoms with van der Waals surface area (Å²) in [5.41, 5.74) is 1.18. The van der Waals surface area contributed by atoms with Crippen molar-refractivity contribution in [1.82, 2.24) is 5.32 Å². The van der Waals surface area contributed by atoms with Gasteiger partial charge in [-0.3, -0.25) is 0 Å². The van der Waals surface area contributed by atoms with Crippen LogP contribution < -0.4 is 14.8 Å². The van der Waals surface area contributed by atoms with E-state index in [1.165, 1.54) is 5.56 Å². The van der Waals surface area contributed by atoms with E-state index >= 15 is 0 Å². The summed E-state index contributed by atoms with van der Waals surface area (Å²) < 4.78 is 16.2. The Morgan fingerprint density at radius 2 is 1.84 bits per heavy atom. The molecule has 4 nitrogen and oxygen atoms in total. The molecule has 1 rings (SSSR count). The Morgan fingerprint density at radius 3 is 2.42 bits per heavy atom. The Hall–Kier alpha value is -1.26. The average molecular weight is 267 g/mol. The van der Waals surface area contributed by atoms with E-state index in [0.29, 0.717) is 12.6 Å². The first-order chi connectivity index (χ1) is 9.06. The van der Waals surface area contributed by atoms with Gasteiger partial charge in [0, 0.05) is 19.7 Å². The Labute approximate surface area is 116 Å². The summed E-state index contributed by atoms with van der Waals surface area (Å²) in [6, 6.07) is 6.45. The molecule has 19 heavy (non-hydrogen) atoms. The molecule has 1 unspecified atom stereocenters. The molecule has 1 aromatic carbocycles. The lowest BCUT2D eigenvalue weighted by Crippen LogP contribution is -2.22. The predicted molar refractivity (Wildman–Crippen MR) is 76.9 cm³/mol. The fourth-order valence-electron chi connectivity index (χ4n) is 1.54. The maximum atomic E-state index is 5.75. The van der Waals surface area contributed by atoms with Crippen molar-refractivity contribution in [1.29, 1.82) is 0 Å². The monoisotopic (exact) mass is 267 g/mol. The van der Waals surface area contributed by atoms with Gasteiger partial charge in [0.2, 0.25) is 0 Å². The summed E-state index contributed by atoms with van der Waals surface area (Å²) in [6.45, 7) is 7.55. The lowest BCUT2D eigenvalue weighted by molar-refractivity contribution is 0.0705. The second kappa shape index (κ2) is 8.02. The molecule has 0 saturated heterocycles. The normalized spacial score (nSPS) is 12.5. The molecular formula is C15H25NO3. The van der Waals surface area contributed by atoms with Gasteiger partial charge in [-0.2, -0.15) is 0 Å². The Morgan fingerprint density at radius 1 is 1.11 bits per heavy atom. The van der Waals surface area contributed by atoms with Crippen molar-refractivity contribution < 1.29 is 14.2 Å². The fourth-order valence-corrected chi connectivity index (χ4v) is 1.54. The zero-order valence-electron chi connectivity index (χ0n) is 12.5. The molecule has 0 aliphatic heterocycles. The van der Waals surface area contributed by atoms with E-state index in [9.17, 15) is 0 Å². The number of rotatable bonds is 8. The summed E-state index contributed by atoms with van der Waals surface area (Å²) in [5.74, 6) is 1.51. The lowest BCUT2D eigenvalue weighted by Gasteiger charge is -2.15. The predicted octanol–water partition coefficient (Wildman–Crippen LogP) is 2.61. The maximum absolute atomic E-state index is 5.75. The molecule has 108 valence electrons. The van der Waals surface area contributed by atoms with Crippen molar-refractivity contribution in [2.75, 3.05) is 20.8 Å². The van der Waals surface area contributed by atoms with Crippen LogP contribution in [0.1, 0.15) is 26.3 Å². The lowest BCUT2D eigenvalue weighted by atomic mass is 10.2. The van der Waals surface area contributed by atoms with Crippen molar-refractivity contribution in [3.05, 3.63) is 23.8 Å². The number of hydrogen-bond donors (Lipinski definition) is 1. The van der Waals surface area contributed by atoms with E-state index in [0.717, 1.165) is 18.0 Å². The number of ether oxygens (including phenoxy) is 3. The molecule has 0 radical (unpaired) electrons. The highest BCUT2D eigenvalue weighted by Gasteiger charge is 2.08. The van der Waals surface area contributed by atoms with Gasteiger partial charge in [0.15, 0.2) is 11.5 Å². The van der Waals surface area contributed by atoms with Crippen LogP contribution in [0.25, 0.3) is 0 Å². The topological polar surface area (TPSA) is 39.7 Å². The Balaban J connectivity index is 2.72. The molecule has 4 heteroatoms. The van der Waals surface area contributed by atoms with Crippen molar-refractivity contribution in [3.8, 4) is 11.5 Å². The Bertz CT molecular complexity index is 380. The van der Waals surface area contributed by atoms with Gasteiger partial charge in [-0.25, -0.2) is 0 Å². The third kappa shape index (κ3) is 5.49. The van der Waals surface area contributed by atoms with E-state index in [1.807, 2.05) is 25.1 Å². The maximum Gasteiger partial charge on any atom is 0.161 e. The largest absolute Gasteiger partial charge is 0.493 e. The fraction of sp³-hybridized carbons (Fsp3) is 0.600. The number of benzene rings is 1. The van der Waals surface area contributed by atoms with Gasteiger partial charge in [0.25, 0.3) is 0 Å². The van der Waals surface area contributed by atoms with Gasteiger partial charge in [-0.15, -0.1) is 0 Å². The highest BCUT2D eigenvalue weighted by Crippen LogP contribution is 2.28. The van der Waals surface area contributed by atoms with Crippen LogP contribution in [0.15, 0.2) is 18.2 Å². The molecule has 1 aromatic rings. The van der Waals surface area contributed by atoms with Crippen molar-refractivity contribution in [2.24, 2.45) is 0 Å². The highest BCUT2D eigenvalue weighted by molar-refractivity contribution is 5.43. The van der Waals surface area contributed by atoms with Gasteiger partial charge < -0.3 is 19.5 Å². The average Bonchev–Trinajstić information content (AvgIpc) is 2.42. The summed E-state index contributed by atoms with van der Waals surface area (Å²) in [6.07, 6.45) is 0.0575. The minimum atomic E-state index is 0.0575. The SMILES string of the molecule is COc1ccc(CNC(C)C)cc1OCC(C)OC. The smallest absolute Gasteiger partial charge is 0.161 e. The standard InChI is InChI=1S/C15H25NO3/c1-11(2)16-9-13-6-7-14(18-5)15(8-13)19-10-12(3)17-4/h6-8,11-12,16H,9-10H2,1-5H3. The summed E-state index contributed by atoms with van der Waals surface area (Å²) in [4.78, 5) is 0. The van der Waals surface area contributed by atoms with E-state index in [2.05, 4.69) is 19.2 Å². The third-order valence-electron chi connectivity index (χ3n) is 2.82. The van der Waals surface area contributed by atoms with Crippen molar-refractivity contribution in [3.63, 3.8) is 0 Å². The molecule has 0 bridgehead atoms. The minimum Gasteiger partial charge on any atom is -0.493 e. The van der Waals surface area contributed by atoms with E-state index in [1.54, 1.807) is 14.2 Å². The first kappa shape index (κ1) is 15.8. The number of nitrogens with one attached hydrogen (secondary N) is 1. The van der Waals surface area contributed by atoms with Crippen LogP contribution >= 0.6 is 0 Å². The minimum absolute atomic E-state index is 0.0575. The molecular weight excluding hydrogens is 242 g/mol. The molecule has 0 fully saturated rings.